The standard InChI is InChI=1S/C82H50N8.2Zn/c1-7-21-51(22-8-1)75-59-35-39-63(83-59)77(53-25-11-3-12-26-53)67-43-47-71(87-67)81(72-48-44-68(88-72)78(54-27-13-4-14-28-54)64-40-36-60(75)84-64)57-33-19-20-34-58(57)82-73-49-45-69(89-73)79(55-29-15-5-16-30-55)65-41-37-61(85-65)76(52-23-9-2-10-24-52)62-38-42-66(86-62)80(56-31-17-6-18-32-56)70-46-50-74(82)90-70;;/h1-50H;;/q-4;2*+2. The quantitative estimate of drug-likeness (QED) is 0.138. The first-order valence-electron chi connectivity index (χ1n) is 30.2. The summed E-state index contributed by atoms with van der Waals surface area (Å²) in [6, 6.07) is 88.1. The monoisotopic (exact) mass is 1270 g/mol. The van der Waals surface area contributed by atoms with Crippen LogP contribution in [0, 0.1) is 0 Å². The van der Waals surface area contributed by atoms with Gasteiger partial charge in [0.15, 0.2) is 0 Å². The fourth-order valence-corrected chi connectivity index (χ4v) is 13.0. The fraction of sp³-hybridized carbons (Fsp3) is 0. The van der Waals surface area contributed by atoms with E-state index in [1.54, 1.807) is 0 Å². The zero-order chi connectivity index (χ0) is 59.5. The van der Waals surface area contributed by atoms with Gasteiger partial charge in [0.25, 0.3) is 0 Å². The summed E-state index contributed by atoms with van der Waals surface area (Å²) in [7, 11) is 0. The van der Waals surface area contributed by atoms with Gasteiger partial charge in [-0.2, -0.15) is 0 Å². The molecule has 6 aromatic heterocycles. The third kappa shape index (κ3) is 10.3. The maximum atomic E-state index is 5.71. The number of rotatable bonds is 8. The number of fused-ring (bicyclic) bond motifs is 16. The molecule has 17 rings (SSSR count). The van der Waals surface area contributed by atoms with Crippen molar-refractivity contribution in [3.63, 3.8) is 0 Å². The molecule has 8 nitrogen and oxygen atoms in total. The van der Waals surface area contributed by atoms with Crippen LogP contribution in [0.1, 0.15) is 45.6 Å². The zero-order valence-corrected chi connectivity index (χ0v) is 55.8. The van der Waals surface area contributed by atoms with Crippen LogP contribution in [-0.4, -0.2) is 19.9 Å². The number of aromatic nitrogens is 8. The van der Waals surface area contributed by atoms with Crippen molar-refractivity contribution < 1.29 is 39.0 Å². The van der Waals surface area contributed by atoms with Crippen molar-refractivity contribution in [2.24, 2.45) is 0 Å². The molecule has 4 aliphatic heterocycles. The van der Waals surface area contributed by atoms with Crippen molar-refractivity contribution in [3.8, 4) is 89.0 Å². The maximum absolute atomic E-state index is 5.71. The van der Waals surface area contributed by atoms with Crippen LogP contribution in [0.15, 0.2) is 255 Å². The van der Waals surface area contributed by atoms with Crippen LogP contribution in [0.5, 0.6) is 0 Å². The number of nitrogens with zero attached hydrogens (tertiary/aromatic N) is 8. The Morgan fingerprint density at radius 2 is 0.315 bits per heavy atom. The Labute approximate surface area is 556 Å². The van der Waals surface area contributed by atoms with Gasteiger partial charge in [0.2, 0.25) is 0 Å². The predicted molar refractivity (Wildman–Crippen MR) is 371 cm³/mol. The molecule has 0 fully saturated rings. The van der Waals surface area contributed by atoms with E-state index in [0.29, 0.717) is 0 Å². The second-order valence-electron chi connectivity index (χ2n) is 22.5. The van der Waals surface area contributed by atoms with Crippen LogP contribution in [0.3, 0.4) is 0 Å². The first-order chi connectivity index (χ1) is 44.6. The molecule has 0 aliphatic carbocycles. The Morgan fingerprint density at radius 1 is 0.163 bits per heavy atom. The van der Waals surface area contributed by atoms with Crippen LogP contribution in [0.25, 0.3) is 182 Å². The van der Waals surface area contributed by atoms with E-state index in [-0.39, 0.29) is 39.0 Å². The third-order valence-electron chi connectivity index (χ3n) is 17.1. The van der Waals surface area contributed by atoms with Crippen LogP contribution >= 0.6 is 0 Å². The van der Waals surface area contributed by atoms with Crippen molar-refractivity contribution >= 4 is 92.7 Å². The average Bonchev–Trinajstić information content (AvgIpc) is 1.60. The van der Waals surface area contributed by atoms with E-state index in [1.807, 2.05) is 36.4 Å². The molecule has 0 saturated carbocycles. The van der Waals surface area contributed by atoms with Gasteiger partial charge in [-0.1, -0.05) is 255 Å². The predicted octanol–water partition coefficient (Wildman–Crippen LogP) is 19.5. The largest absolute Gasteiger partial charge is 2.00 e. The summed E-state index contributed by atoms with van der Waals surface area (Å²) in [5.74, 6) is 0. The van der Waals surface area contributed by atoms with Gasteiger partial charge >= 0.3 is 39.0 Å². The molecule has 7 aromatic carbocycles. The van der Waals surface area contributed by atoms with E-state index in [1.165, 1.54) is 0 Å². The molecule has 422 valence electrons. The maximum Gasteiger partial charge on any atom is 2.00 e. The molecular formula is C82H50N8Zn2. The van der Waals surface area contributed by atoms with Crippen molar-refractivity contribution in [1.82, 2.24) is 39.9 Å². The normalized spacial score (nSPS) is 12.0. The van der Waals surface area contributed by atoms with Gasteiger partial charge in [-0.05, 0) is 138 Å². The minimum absolute atomic E-state index is 0. The molecule has 0 atom stereocenters. The van der Waals surface area contributed by atoms with Crippen LogP contribution in [-0.2, 0) is 39.0 Å². The van der Waals surface area contributed by atoms with E-state index in [0.717, 1.165) is 179 Å². The molecule has 0 saturated heterocycles. The molecular weight excluding hydrogens is 1230 g/mol. The van der Waals surface area contributed by atoms with Gasteiger partial charge in [-0.15, -0.1) is 44.1 Å². The van der Waals surface area contributed by atoms with Crippen molar-refractivity contribution in [2.75, 3.05) is 0 Å². The molecule has 0 N–H and O–H groups in total. The smallest absolute Gasteiger partial charge is 0.657 e. The topological polar surface area (TPSA) is 108 Å². The minimum atomic E-state index is 0. The molecule has 10 heterocycles. The van der Waals surface area contributed by atoms with E-state index in [9.17, 15) is 0 Å². The first kappa shape index (κ1) is 57.4. The molecule has 0 spiro atoms. The number of benzene rings is 7. The van der Waals surface area contributed by atoms with E-state index >= 15 is 0 Å². The van der Waals surface area contributed by atoms with Crippen molar-refractivity contribution in [1.29, 1.82) is 0 Å². The molecule has 13 aromatic rings. The molecule has 4 aliphatic rings. The Hall–Kier alpha value is -11.0. The van der Waals surface area contributed by atoms with Gasteiger partial charge in [0, 0.05) is 0 Å². The summed E-state index contributed by atoms with van der Waals surface area (Å²) in [5.41, 5.74) is 27.5. The molecule has 16 bridgehead atoms. The summed E-state index contributed by atoms with van der Waals surface area (Å²) in [5, 5.41) is 0. The van der Waals surface area contributed by atoms with Gasteiger partial charge in [0.1, 0.15) is 0 Å². The molecule has 92 heavy (non-hydrogen) atoms. The number of hydrogen-bond acceptors (Lipinski definition) is 4. The van der Waals surface area contributed by atoms with E-state index < -0.39 is 0 Å². The number of hydrogen-bond donors (Lipinski definition) is 0. The minimum Gasteiger partial charge on any atom is -0.657 e. The Bertz CT molecular complexity index is 5090. The average molecular weight is 1280 g/mol. The second-order valence-corrected chi connectivity index (χ2v) is 22.5. The van der Waals surface area contributed by atoms with Crippen LogP contribution in [0.2, 0.25) is 0 Å². The summed E-state index contributed by atoms with van der Waals surface area (Å²) < 4.78 is 0. The third-order valence-corrected chi connectivity index (χ3v) is 17.1. The van der Waals surface area contributed by atoms with Gasteiger partial charge in [0.05, 0.1) is 45.6 Å². The molecule has 0 unspecified atom stereocenters. The van der Waals surface area contributed by atoms with Gasteiger partial charge < -0.3 is 19.9 Å². The SMILES string of the molecule is C1=Cc2nc1c(-c1ccccc1)c1ccc([n-]1)c(-c1ccccc1)c1nc(c(-c3ccccc3-c3c4nc(c(-c5ccccc5)c5ccc([n-]5)c(-c5ccccc5)c5nc(c(-c6ccccc6)c6ccc3[n-]6)C=C5)C=C4)c3ccc([n-]3)c2-c2ccccc2)C=C1.[Zn+2].[Zn+2]. The Balaban J connectivity index is 0.00000351. The zero-order valence-electron chi connectivity index (χ0n) is 49.9. The van der Waals surface area contributed by atoms with Crippen LogP contribution in [0.4, 0.5) is 0 Å². The summed E-state index contributed by atoms with van der Waals surface area (Å²) in [4.78, 5) is 44.8. The molecule has 0 radical (unpaired) electrons. The summed E-state index contributed by atoms with van der Waals surface area (Å²) in [6.45, 7) is 0. The first-order valence-corrected chi connectivity index (χ1v) is 30.2. The second kappa shape index (κ2) is 24.4. The summed E-state index contributed by atoms with van der Waals surface area (Å²) >= 11 is 0. The fourth-order valence-electron chi connectivity index (χ4n) is 13.0. The van der Waals surface area contributed by atoms with Crippen molar-refractivity contribution in [2.45, 2.75) is 0 Å². The van der Waals surface area contributed by atoms with E-state index in [2.05, 4.69) is 267 Å². The van der Waals surface area contributed by atoms with Crippen molar-refractivity contribution in [3.05, 3.63) is 300 Å². The summed E-state index contributed by atoms with van der Waals surface area (Å²) in [6.07, 6.45) is 16.9. The van der Waals surface area contributed by atoms with E-state index in [4.69, 9.17) is 39.9 Å². The van der Waals surface area contributed by atoms with Crippen LogP contribution < -0.4 is 19.9 Å². The Morgan fingerprint density at radius 3 is 0.500 bits per heavy atom. The van der Waals surface area contributed by atoms with Gasteiger partial charge in [-0.3, -0.25) is 0 Å². The molecule has 10 heteroatoms. The Kier molecular flexibility index (Phi) is 15.2. The molecule has 0 amide bonds. The van der Waals surface area contributed by atoms with Gasteiger partial charge in [-0.25, -0.2) is 19.9 Å².